The Hall–Kier alpha value is -1.67. The molecular formula is C10H11N3O. The van der Waals surface area contributed by atoms with Crippen molar-refractivity contribution in [3.8, 4) is 0 Å². The molecular weight excluding hydrogens is 178 g/mol. The molecule has 0 N–H and O–H groups in total. The van der Waals surface area contributed by atoms with E-state index < -0.39 is 0 Å². The molecule has 4 heteroatoms. The van der Waals surface area contributed by atoms with Gasteiger partial charge in [0.2, 0.25) is 6.08 Å². The van der Waals surface area contributed by atoms with E-state index in [1.54, 1.807) is 6.07 Å². The molecule has 14 heavy (non-hydrogen) atoms. The van der Waals surface area contributed by atoms with Crippen molar-refractivity contribution >= 4 is 17.7 Å². The van der Waals surface area contributed by atoms with E-state index in [4.69, 9.17) is 0 Å². The van der Waals surface area contributed by atoms with Crippen LogP contribution in [0.4, 0.5) is 11.6 Å². The van der Waals surface area contributed by atoms with Crippen molar-refractivity contribution in [2.75, 3.05) is 18.0 Å². The summed E-state index contributed by atoms with van der Waals surface area (Å²) in [5.74, 6) is 1.34. The topological polar surface area (TPSA) is 45.6 Å². The molecule has 1 aliphatic heterocycles. The Bertz CT molecular complexity index is 365. The normalized spacial score (nSPS) is 15.3. The minimum absolute atomic E-state index is 0.435. The predicted octanol–water partition coefficient (Wildman–Crippen LogP) is 1.65. The summed E-state index contributed by atoms with van der Waals surface area (Å²) < 4.78 is 0. The number of hydrogen-bond donors (Lipinski definition) is 0. The molecule has 0 bridgehead atoms. The Morgan fingerprint density at radius 1 is 1.36 bits per heavy atom. The molecule has 72 valence electrons. The standard InChI is InChI=1S/C10H11N3O/c14-8-11-9-4-3-5-10(12-9)13-6-1-2-7-13/h3-5H,1-2,6-7H2. The highest BCUT2D eigenvalue weighted by molar-refractivity contribution is 5.49. The van der Waals surface area contributed by atoms with Crippen LogP contribution in [0.3, 0.4) is 0 Å². The summed E-state index contributed by atoms with van der Waals surface area (Å²) in [6.07, 6.45) is 3.92. The number of aliphatic imine (C=N–C) groups is 1. The summed E-state index contributed by atoms with van der Waals surface area (Å²) in [7, 11) is 0. The van der Waals surface area contributed by atoms with Crippen LogP contribution in [0.15, 0.2) is 23.2 Å². The first kappa shape index (κ1) is 8.91. The van der Waals surface area contributed by atoms with Crippen molar-refractivity contribution in [1.29, 1.82) is 0 Å². The van der Waals surface area contributed by atoms with Crippen LogP contribution in [0.25, 0.3) is 0 Å². The van der Waals surface area contributed by atoms with Crippen LogP contribution < -0.4 is 4.90 Å². The van der Waals surface area contributed by atoms with Crippen molar-refractivity contribution < 1.29 is 4.79 Å². The number of rotatable bonds is 2. The first-order valence-electron chi connectivity index (χ1n) is 4.70. The molecule has 1 saturated heterocycles. The summed E-state index contributed by atoms with van der Waals surface area (Å²) in [6.45, 7) is 2.09. The summed E-state index contributed by atoms with van der Waals surface area (Å²) in [4.78, 5) is 20.0. The summed E-state index contributed by atoms with van der Waals surface area (Å²) >= 11 is 0. The zero-order valence-electron chi connectivity index (χ0n) is 7.81. The Labute approximate surface area is 82.3 Å². The van der Waals surface area contributed by atoms with Crippen molar-refractivity contribution in [2.24, 2.45) is 4.99 Å². The van der Waals surface area contributed by atoms with Crippen LogP contribution in [0.2, 0.25) is 0 Å². The molecule has 1 aliphatic rings. The van der Waals surface area contributed by atoms with Gasteiger partial charge >= 0.3 is 0 Å². The first-order chi connectivity index (χ1) is 6.90. The molecule has 0 aromatic carbocycles. The van der Waals surface area contributed by atoms with Gasteiger partial charge < -0.3 is 4.90 Å². The quantitative estimate of drug-likeness (QED) is 0.525. The van der Waals surface area contributed by atoms with E-state index in [2.05, 4.69) is 14.9 Å². The molecule has 0 saturated carbocycles. The van der Waals surface area contributed by atoms with E-state index in [1.165, 1.54) is 18.9 Å². The molecule has 1 aromatic heterocycles. The molecule has 4 nitrogen and oxygen atoms in total. The van der Waals surface area contributed by atoms with E-state index in [0.29, 0.717) is 5.82 Å². The van der Waals surface area contributed by atoms with Crippen molar-refractivity contribution in [3.63, 3.8) is 0 Å². The summed E-state index contributed by atoms with van der Waals surface area (Å²) in [5.41, 5.74) is 0. The maximum Gasteiger partial charge on any atom is 0.242 e. The number of anilines is 1. The molecule has 0 atom stereocenters. The third-order valence-electron chi connectivity index (χ3n) is 2.31. The van der Waals surface area contributed by atoms with E-state index in [-0.39, 0.29) is 0 Å². The highest BCUT2D eigenvalue weighted by Gasteiger charge is 2.13. The van der Waals surface area contributed by atoms with Gasteiger partial charge in [-0.3, -0.25) is 0 Å². The van der Waals surface area contributed by atoms with Gasteiger partial charge in [-0.2, -0.15) is 0 Å². The third kappa shape index (κ3) is 1.80. The maximum atomic E-state index is 10.1. The van der Waals surface area contributed by atoms with E-state index in [9.17, 15) is 4.79 Å². The zero-order valence-corrected chi connectivity index (χ0v) is 7.81. The Kier molecular flexibility index (Phi) is 2.56. The van der Waals surface area contributed by atoms with Crippen LogP contribution in [0.5, 0.6) is 0 Å². The van der Waals surface area contributed by atoms with Crippen LogP contribution in [0, 0.1) is 0 Å². The van der Waals surface area contributed by atoms with Crippen LogP contribution in [-0.2, 0) is 4.79 Å². The number of carbonyl (C=O) groups excluding carboxylic acids is 1. The van der Waals surface area contributed by atoms with Crippen molar-refractivity contribution in [2.45, 2.75) is 12.8 Å². The second-order valence-corrected chi connectivity index (χ2v) is 3.25. The lowest BCUT2D eigenvalue weighted by Crippen LogP contribution is -2.18. The number of hydrogen-bond acceptors (Lipinski definition) is 4. The van der Waals surface area contributed by atoms with Gasteiger partial charge in [0, 0.05) is 13.1 Å². The van der Waals surface area contributed by atoms with Gasteiger partial charge in [-0.05, 0) is 25.0 Å². The lowest BCUT2D eigenvalue weighted by atomic mass is 10.4. The molecule has 0 radical (unpaired) electrons. The lowest BCUT2D eigenvalue weighted by molar-refractivity contribution is 0.565. The van der Waals surface area contributed by atoms with E-state index in [0.717, 1.165) is 18.9 Å². The van der Waals surface area contributed by atoms with Gasteiger partial charge in [0.25, 0.3) is 0 Å². The Morgan fingerprint density at radius 3 is 2.86 bits per heavy atom. The maximum absolute atomic E-state index is 10.1. The average Bonchev–Trinajstić information content (AvgIpc) is 2.71. The second kappa shape index (κ2) is 4.03. The lowest BCUT2D eigenvalue weighted by Gasteiger charge is -2.15. The largest absolute Gasteiger partial charge is 0.357 e. The second-order valence-electron chi connectivity index (χ2n) is 3.25. The Balaban J connectivity index is 2.24. The van der Waals surface area contributed by atoms with E-state index >= 15 is 0 Å². The van der Waals surface area contributed by atoms with Gasteiger partial charge in [0.15, 0.2) is 5.82 Å². The highest BCUT2D eigenvalue weighted by atomic mass is 16.1. The summed E-state index contributed by atoms with van der Waals surface area (Å²) in [5, 5.41) is 0. The minimum atomic E-state index is 0.435. The molecule has 0 spiro atoms. The molecule has 2 rings (SSSR count). The molecule has 1 fully saturated rings. The minimum Gasteiger partial charge on any atom is -0.357 e. The van der Waals surface area contributed by atoms with Crippen LogP contribution >= 0.6 is 0 Å². The Morgan fingerprint density at radius 2 is 2.14 bits per heavy atom. The number of pyridine rings is 1. The first-order valence-corrected chi connectivity index (χ1v) is 4.70. The van der Waals surface area contributed by atoms with E-state index in [1.807, 2.05) is 12.1 Å². The van der Waals surface area contributed by atoms with Gasteiger partial charge in [-0.25, -0.2) is 9.78 Å². The van der Waals surface area contributed by atoms with Gasteiger partial charge in [0.1, 0.15) is 5.82 Å². The summed E-state index contributed by atoms with van der Waals surface area (Å²) in [6, 6.07) is 5.50. The smallest absolute Gasteiger partial charge is 0.242 e. The fourth-order valence-electron chi connectivity index (χ4n) is 1.64. The van der Waals surface area contributed by atoms with Gasteiger partial charge in [-0.1, -0.05) is 6.07 Å². The molecule has 2 heterocycles. The van der Waals surface area contributed by atoms with Crippen LogP contribution in [0.1, 0.15) is 12.8 Å². The molecule has 0 aliphatic carbocycles. The van der Waals surface area contributed by atoms with Crippen molar-refractivity contribution in [1.82, 2.24) is 4.98 Å². The molecule has 1 aromatic rings. The third-order valence-corrected chi connectivity index (χ3v) is 2.31. The average molecular weight is 189 g/mol. The predicted molar refractivity (Wildman–Crippen MR) is 53.5 cm³/mol. The fourth-order valence-corrected chi connectivity index (χ4v) is 1.64. The van der Waals surface area contributed by atoms with Gasteiger partial charge in [0.05, 0.1) is 0 Å². The number of aromatic nitrogens is 1. The number of isocyanates is 1. The highest BCUT2D eigenvalue weighted by Crippen LogP contribution is 2.19. The van der Waals surface area contributed by atoms with Crippen LogP contribution in [-0.4, -0.2) is 24.2 Å². The SMILES string of the molecule is O=C=Nc1cccc(N2CCCC2)n1. The fraction of sp³-hybridized carbons (Fsp3) is 0.400. The molecule has 0 unspecified atom stereocenters. The number of nitrogens with zero attached hydrogens (tertiary/aromatic N) is 3. The monoisotopic (exact) mass is 189 g/mol. The zero-order chi connectivity index (χ0) is 9.80. The molecule has 0 amide bonds. The van der Waals surface area contributed by atoms with Gasteiger partial charge in [-0.15, -0.1) is 4.99 Å². The van der Waals surface area contributed by atoms with Crippen molar-refractivity contribution in [3.05, 3.63) is 18.2 Å².